The summed E-state index contributed by atoms with van der Waals surface area (Å²) in [5.41, 5.74) is 1.39. The molecule has 1 atom stereocenters. The molecule has 0 aliphatic heterocycles. The molecule has 2 nitrogen and oxygen atoms in total. The Kier molecular flexibility index (Phi) is 4.65. The Morgan fingerprint density at radius 1 is 1.46 bits per heavy atom. The molecule has 13 heavy (non-hydrogen) atoms. The highest BCUT2D eigenvalue weighted by molar-refractivity contribution is 5.00. The quantitative estimate of drug-likeness (QED) is 0.656. The SMILES string of the molecule is C=C(C)CC(NC)C(C)(C)N(C)C. The minimum absolute atomic E-state index is 0.160. The van der Waals surface area contributed by atoms with Crippen molar-refractivity contribution in [3.63, 3.8) is 0 Å². The van der Waals surface area contributed by atoms with Gasteiger partial charge in [-0.25, -0.2) is 0 Å². The number of rotatable bonds is 5. The lowest BCUT2D eigenvalue weighted by atomic mass is 9.89. The Morgan fingerprint density at radius 2 is 1.92 bits per heavy atom. The zero-order chi connectivity index (χ0) is 10.6. The number of likely N-dealkylation sites (N-methyl/N-ethyl adjacent to an activating group) is 2. The first-order valence-electron chi connectivity index (χ1n) is 4.81. The number of hydrogen-bond acceptors (Lipinski definition) is 2. The zero-order valence-corrected chi connectivity index (χ0v) is 9.94. The van der Waals surface area contributed by atoms with Crippen molar-refractivity contribution in [1.82, 2.24) is 10.2 Å². The normalized spacial score (nSPS) is 14.7. The lowest BCUT2D eigenvalue weighted by Gasteiger charge is -2.40. The molecule has 0 radical (unpaired) electrons. The molecule has 0 saturated carbocycles. The average molecular weight is 184 g/mol. The third kappa shape index (κ3) is 3.49. The Labute approximate surface area is 83.0 Å². The van der Waals surface area contributed by atoms with Crippen molar-refractivity contribution in [3.05, 3.63) is 12.2 Å². The largest absolute Gasteiger partial charge is 0.315 e. The fourth-order valence-electron chi connectivity index (χ4n) is 1.37. The lowest BCUT2D eigenvalue weighted by Crippen LogP contribution is -2.54. The molecule has 0 aromatic heterocycles. The third-order valence-electron chi connectivity index (χ3n) is 2.91. The number of hydrogen-bond donors (Lipinski definition) is 1. The summed E-state index contributed by atoms with van der Waals surface area (Å²) in [6.45, 7) is 10.5. The third-order valence-corrected chi connectivity index (χ3v) is 2.91. The summed E-state index contributed by atoms with van der Waals surface area (Å²) in [6, 6.07) is 0.458. The molecule has 0 bridgehead atoms. The highest BCUT2D eigenvalue weighted by atomic mass is 15.2. The van der Waals surface area contributed by atoms with E-state index in [1.54, 1.807) is 0 Å². The van der Waals surface area contributed by atoms with Gasteiger partial charge in [0.25, 0.3) is 0 Å². The summed E-state index contributed by atoms with van der Waals surface area (Å²) in [5.74, 6) is 0. The van der Waals surface area contributed by atoms with E-state index in [1.165, 1.54) is 5.57 Å². The molecule has 0 heterocycles. The average Bonchev–Trinajstić information content (AvgIpc) is 1.99. The second kappa shape index (κ2) is 4.77. The van der Waals surface area contributed by atoms with E-state index in [-0.39, 0.29) is 5.54 Å². The Hall–Kier alpha value is -0.340. The van der Waals surface area contributed by atoms with Gasteiger partial charge in [0.1, 0.15) is 0 Å². The van der Waals surface area contributed by atoms with Crippen LogP contribution in [-0.4, -0.2) is 37.6 Å². The van der Waals surface area contributed by atoms with E-state index in [4.69, 9.17) is 0 Å². The maximum absolute atomic E-state index is 3.96. The van der Waals surface area contributed by atoms with Crippen molar-refractivity contribution >= 4 is 0 Å². The maximum Gasteiger partial charge on any atom is 0.0303 e. The molecule has 0 fully saturated rings. The number of nitrogens with zero attached hydrogens (tertiary/aromatic N) is 1. The van der Waals surface area contributed by atoms with Gasteiger partial charge in [0.05, 0.1) is 0 Å². The predicted octanol–water partition coefficient (Wildman–Crippen LogP) is 1.88. The van der Waals surface area contributed by atoms with Crippen LogP contribution in [0.4, 0.5) is 0 Å². The van der Waals surface area contributed by atoms with Crippen LogP contribution in [0, 0.1) is 0 Å². The maximum atomic E-state index is 3.96. The highest BCUT2D eigenvalue weighted by Gasteiger charge is 2.29. The molecule has 1 unspecified atom stereocenters. The van der Waals surface area contributed by atoms with Crippen LogP contribution in [-0.2, 0) is 0 Å². The van der Waals surface area contributed by atoms with Gasteiger partial charge in [-0.2, -0.15) is 0 Å². The number of nitrogens with one attached hydrogen (secondary N) is 1. The van der Waals surface area contributed by atoms with Crippen molar-refractivity contribution < 1.29 is 0 Å². The highest BCUT2D eigenvalue weighted by Crippen LogP contribution is 2.20. The van der Waals surface area contributed by atoms with Crippen LogP contribution in [0.5, 0.6) is 0 Å². The van der Waals surface area contributed by atoms with Crippen LogP contribution < -0.4 is 5.32 Å². The zero-order valence-electron chi connectivity index (χ0n) is 9.94. The Bertz CT molecular complexity index is 171. The molecule has 0 rings (SSSR count). The minimum Gasteiger partial charge on any atom is -0.315 e. The van der Waals surface area contributed by atoms with Crippen molar-refractivity contribution in [2.24, 2.45) is 0 Å². The van der Waals surface area contributed by atoms with Crippen LogP contribution in [0.3, 0.4) is 0 Å². The van der Waals surface area contributed by atoms with Crippen molar-refractivity contribution in [2.75, 3.05) is 21.1 Å². The first-order valence-corrected chi connectivity index (χ1v) is 4.81. The Morgan fingerprint density at radius 3 is 2.15 bits per heavy atom. The molecule has 0 amide bonds. The predicted molar refractivity (Wildman–Crippen MR) is 60.0 cm³/mol. The molecule has 0 aliphatic rings. The van der Waals surface area contributed by atoms with E-state index in [2.05, 4.69) is 51.7 Å². The van der Waals surface area contributed by atoms with Gasteiger partial charge in [-0.15, -0.1) is 6.58 Å². The monoisotopic (exact) mass is 184 g/mol. The first kappa shape index (κ1) is 12.7. The molecule has 1 N–H and O–H groups in total. The van der Waals surface area contributed by atoms with E-state index in [9.17, 15) is 0 Å². The summed E-state index contributed by atoms with van der Waals surface area (Å²) in [6.07, 6.45) is 1.03. The molecule has 0 aromatic rings. The minimum atomic E-state index is 0.160. The van der Waals surface area contributed by atoms with Crippen LogP contribution in [0.2, 0.25) is 0 Å². The smallest absolute Gasteiger partial charge is 0.0303 e. The van der Waals surface area contributed by atoms with Crippen molar-refractivity contribution in [3.8, 4) is 0 Å². The summed E-state index contributed by atoms with van der Waals surface area (Å²) in [5, 5.41) is 3.35. The van der Waals surface area contributed by atoms with Crippen LogP contribution in [0.15, 0.2) is 12.2 Å². The van der Waals surface area contributed by atoms with Gasteiger partial charge in [-0.3, -0.25) is 0 Å². The summed E-state index contributed by atoms with van der Waals surface area (Å²) in [4.78, 5) is 2.25. The van der Waals surface area contributed by atoms with E-state index in [1.807, 2.05) is 7.05 Å². The van der Waals surface area contributed by atoms with E-state index >= 15 is 0 Å². The Balaban J connectivity index is 4.46. The molecule has 78 valence electrons. The van der Waals surface area contributed by atoms with Crippen LogP contribution >= 0.6 is 0 Å². The summed E-state index contributed by atoms with van der Waals surface area (Å²) >= 11 is 0. The topological polar surface area (TPSA) is 15.3 Å². The van der Waals surface area contributed by atoms with Gasteiger partial charge in [0.2, 0.25) is 0 Å². The lowest BCUT2D eigenvalue weighted by molar-refractivity contribution is 0.141. The molecule has 0 aromatic carbocycles. The molecule has 2 heteroatoms. The molecule has 0 aliphatic carbocycles. The van der Waals surface area contributed by atoms with Gasteiger partial charge >= 0.3 is 0 Å². The van der Waals surface area contributed by atoms with Crippen LogP contribution in [0.25, 0.3) is 0 Å². The fourth-order valence-corrected chi connectivity index (χ4v) is 1.37. The van der Waals surface area contributed by atoms with Gasteiger partial charge in [0.15, 0.2) is 0 Å². The summed E-state index contributed by atoms with van der Waals surface area (Å²) in [7, 11) is 6.24. The van der Waals surface area contributed by atoms with E-state index in [0.717, 1.165) is 6.42 Å². The fraction of sp³-hybridized carbons (Fsp3) is 0.818. The standard InChI is InChI=1S/C11H24N2/c1-9(2)8-10(12-5)11(3,4)13(6)7/h10,12H,1,8H2,2-7H3. The van der Waals surface area contributed by atoms with Crippen molar-refractivity contribution in [1.29, 1.82) is 0 Å². The van der Waals surface area contributed by atoms with E-state index < -0.39 is 0 Å². The van der Waals surface area contributed by atoms with Gasteiger partial charge in [0, 0.05) is 11.6 Å². The van der Waals surface area contributed by atoms with Crippen LogP contribution in [0.1, 0.15) is 27.2 Å². The van der Waals surface area contributed by atoms with Gasteiger partial charge in [-0.1, -0.05) is 5.57 Å². The summed E-state index contributed by atoms with van der Waals surface area (Å²) < 4.78 is 0. The second-order valence-corrected chi connectivity index (χ2v) is 4.55. The van der Waals surface area contributed by atoms with E-state index in [0.29, 0.717) is 6.04 Å². The van der Waals surface area contributed by atoms with Gasteiger partial charge < -0.3 is 10.2 Å². The molecule has 0 spiro atoms. The molecular weight excluding hydrogens is 160 g/mol. The second-order valence-electron chi connectivity index (χ2n) is 4.55. The first-order chi connectivity index (χ1) is 5.82. The molecule has 0 saturated heterocycles. The molecular formula is C11H24N2. The van der Waals surface area contributed by atoms with Gasteiger partial charge in [-0.05, 0) is 48.3 Å². The van der Waals surface area contributed by atoms with Crippen molar-refractivity contribution in [2.45, 2.75) is 38.8 Å².